The fourth-order valence-electron chi connectivity index (χ4n) is 7.06. The van der Waals surface area contributed by atoms with Crippen LogP contribution in [0.15, 0.2) is 181 Å². The minimum Gasteiger partial charge on any atom is -0.379 e. The van der Waals surface area contributed by atoms with Crippen LogP contribution in [0, 0.1) is 0 Å². The number of thiazole rings is 3. The maximum atomic E-state index is 13.1. The molecule has 0 aliphatic carbocycles. The molecule has 9 heterocycles. The van der Waals surface area contributed by atoms with Crippen LogP contribution in [-0.4, -0.2) is 72.2 Å². The average Bonchev–Trinajstić information content (AvgIpc) is 4.33. The normalized spacial score (nSPS) is 11.6. The van der Waals surface area contributed by atoms with Gasteiger partial charge in [-0.25, -0.2) is 29.9 Å². The van der Waals surface area contributed by atoms with Gasteiger partial charge in [-0.2, -0.15) is 13.2 Å². The molecule has 0 spiro atoms. The summed E-state index contributed by atoms with van der Waals surface area (Å²) in [6.45, 7) is 2.74. The van der Waals surface area contributed by atoms with Gasteiger partial charge in [-0.3, -0.25) is 47.3 Å². The number of halogens is 4. The highest BCUT2D eigenvalue weighted by molar-refractivity contribution is 7.08. The van der Waals surface area contributed by atoms with E-state index in [-0.39, 0.29) is 62.9 Å². The number of hydrogen-bond acceptors (Lipinski definition) is 17. The zero-order valence-electron chi connectivity index (χ0n) is 41.2. The molecule has 0 aliphatic rings. The first-order valence-electron chi connectivity index (χ1n) is 23.0. The van der Waals surface area contributed by atoms with E-state index < -0.39 is 28.8 Å². The Morgan fingerprint density at radius 1 is 0.525 bits per heavy atom. The first-order chi connectivity index (χ1) is 38.2. The number of ketones is 1. The summed E-state index contributed by atoms with van der Waals surface area (Å²) in [5.41, 5.74) is 2.82. The molecule has 0 bridgehead atoms. The number of alkyl halides is 3. The highest BCUT2D eigenvalue weighted by Gasteiger charge is 2.34. The van der Waals surface area contributed by atoms with Crippen LogP contribution in [0.1, 0.15) is 72.6 Å². The molecule has 1 atom stereocenters. The van der Waals surface area contributed by atoms with Gasteiger partial charge in [0.2, 0.25) is 0 Å². The highest BCUT2D eigenvalue weighted by atomic mass is 35.5. The molecule has 80 heavy (non-hydrogen) atoms. The van der Waals surface area contributed by atoms with Crippen molar-refractivity contribution in [2.24, 2.45) is 0 Å². The highest BCUT2D eigenvalue weighted by Crippen LogP contribution is 2.34. The van der Waals surface area contributed by atoms with Crippen molar-refractivity contribution in [1.82, 2.24) is 43.6 Å². The Kier molecular flexibility index (Phi) is 17.7. The number of aliphatic hydroxyl groups is 1. The summed E-state index contributed by atoms with van der Waals surface area (Å²) in [5, 5.41) is 24.0. The van der Waals surface area contributed by atoms with Crippen molar-refractivity contribution in [1.29, 1.82) is 0 Å². The van der Waals surface area contributed by atoms with Crippen molar-refractivity contribution in [3.05, 3.63) is 242 Å². The van der Waals surface area contributed by atoms with Crippen molar-refractivity contribution >= 4 is 86.2 Å². The van der Waals surface area contributed by atoms with Gasteiger partial charge >= 0.3 is 6.18 Å². The molecule has 20 nitrogen and oxygen atoms in total. The van der Waals surface area contributed by atoms with Gasteiger partial charge in [0, 0.05) is 76.9 Å². The predicted molar refractivity (Wildman–Crippen MR) is 295 cm³/mol. The number of Topliss-reactive ketones (excluding diaryl/α,β-unsaturated/α-hetero) is 1. The van der Waals surface area contributed by atoms with Crippen LogP contribution in [-0.2, 0) is 11.8 Å². The number of pyridine rings is 6. The molecule has 1 unspecified atom stereocenters. The summed E-state index contributed by atoms with van der Waals surface area (Å²) in [6, 6.07) is 27.2. The molecule has 0 saturated heterocycles. The van der Waals surface area contributed by atoms with Crippen molar-refractivity contribution in [3.8, 4) is 17.5 Å². The van der Waals surface area contributed by atoms with Gasteiger partial charge in [0.15, 0.2) is 5.78 Å². The van der Waals surface area contributed by atoms with Crippen LogP contribution in [0.3, 0.4) is 0 Å². The standard InChI is InChI=1S/C23H17F3N4O3S.C16H12N4O3S.C14H9ClN4O2S/c1-22(33,14-4-2-5-15(10-14)23(24,25)26)18-6-3-7-19(29-18)30-9-8-16(11-20(30)31)28-21(32)17-12-34-13-27-17;1-10(21)12-3-2-4-14(19-12)20-6-5-11(7-15(20)22)18-16(23)13-8-24-9-17-13;15-11-2-1-3-12(18-11)19-5-4-9(6-13(19)20)17-14(21)10-7-22-8-16-10/h2-13,33H,1H3,(H,28,32);2-9H,1H3,(H,18,23);1-8H,(H,17,21). The van der Waals surface area contributed by atoms with Crippen LogP contribution >= 0.6 is 45.6 Å². The number of carbonyl (C=O) groups excluding carboxylic acids is 4. The number of carbonyl (C=O) groups is 4. The lowest BCUT2D eigenvalue weighted by atomic mass is 9.90. The second-order valence-electron chi connectivity index (χ2n) is 16.6. The second-order valence-corrected chi connectivity index (χ2v) is 19.2. The average molecular weight is 1160 g/mol. The van der Waals surface area contributed by atoms with E-state index in [0.29, 0.717) is 39.6 Å². The quantitative estimate of drug-likeness (QED) is 0.0657. The van der Waals surface area contributed by atoms with E-state index in [2.05, 4.69) is 45.9 Å². The summed E-state index contributed by atoms with van der Waals surface area (Å²) >= 11 is 9.71. The van der Waals surface area contributed by atoms with Gasteiger partial charge in [-0.05, 0) is 79.2 Å². The number of amides is 3. The molecule has 404 valence electrons. The van der Waals surface area contributed by atoms with E-state index in [1.807, 2.05) is 0 Å². The first-order valence-corrected chi connectivity index (χ1v) is 26.2. The molecule has 4 N–H and O–H groups in total. The third kappa shape index (κ3) is 14.2. The number of aromatic nitrogens is 9. The summed E-state index contributed by atoms with van der Waals surface area (Å²) in [7, 11) is 0. The molecule has 0 aliphatic heterocycles. The lowest BCUT2D eigenvalue weighted by Crippen LogP contribution is -2.26. The number of nitrogens with one attached hydrogen (secondary N) is 3. The summed E-state index contributed by atoms with van der Waals surface area (Å²) in [5.74, 6) is -0.496. The van der Waals surface area contributed by atoms with Crippen LogP contribution in [0.25, 0.3) is 17.5 Å². The molecule has 27 heteroatoms. The smallest absolute Gasteiger partial charge is 0.379 e. The van der Waals surface area contributed by atoms with Gasteiger partial charge < -0.3 is 21.1 Å². The third-order valence-corrected chi connectivity index (χ3v) is 13.0. The molecule has 9 aromatic heterocycles. The largest absolute Gasteiger partial charge is 0.416 e. The van der Waals surface area contributed by atoms with Gasteiger partial charge in [0.05, 0.1) is 27.8 Å². The van der Waals surface area contributed by atoms with E-state index in [9.17, 15) is 51.8 Å². The number of benzene rings is 1. The summed E-state index contributed by atoms with van der Waals surface area (Å²) in [4.78, 5) is 109. The Bertz CT molecular complexity index is 4060. The summed E-state index contributed by atoms with van der Waals surface area (Å²) < 4.78 is 43.2. The fourth-order valence-corrected chi connectivity index (χ4v) is 8.81. The zero-order chi connectivity index (χ0) is 57.1. The topological polar surface area (TPSA) is 268 Å². The van der Waals surface area contributed by atoms with E-state index in [0.717, 1.165) is 12.1 Å². The van der Waals surface area contributed by atoms with Gasteiger partial charge in [-0.1, -0.05) is 41.9 Å². The van der Waals surface area contributed by atoms with Crippen molar-refractivity contribution in [2.75, 3.05) is 16.0 Å². The Morgan fingerprint density at radius 2 is 0.925 bits per heavy atom. The maximum Gasteiger partial charge on any atom is 0.416 e. The predicted octanol–water partition coefficient (Wildman–Crippen LogP) is 8.95. The molecule has 0 fully saturated rings. The monoisotopic (exact) mass is 1160 g/mol. The minimum absolute atomic E-state index is 0.000535. The van der Waals surface area contributed by atoms with Gasteiger partial charge in [-0.15, -0.1) is 34.0 Å². The Labute approximate surface area is 466 Å². The first kappa shape index (κ1) is 56.7. The van der Waals surface area contributed by atoms with Crippen LogP contribution in [0.5, 0.6) is 0 Å². The maximum absolute atomic E-state index is 13.1. The molecule has 3 amide bonds. The molecule has 10 rings (SSSR count). The lowest BCUT2D eigenvalue weighted by molar-refractivity contribution is -0.137. The molecule has 10 aromatic rings. The number of anilines is 3. The van der Waals surface area contributed by atoms with Crippen molar-refractivity contribution in [2.45, 2.75) is 25.6 Å². The molecule has 1 aromatic carbocycles. The van der Waals surface area contributed by atoms with Crippen molar-refractivity contribution < 1.29 is 37.5 Å². The number of rotatable bonds is 12. The van der Waals surface area contributed by atoms with Gasteiger partial charge in [0.1, 0.15) is 51.0 Å². The number of nitrogens with zero attached hydrogens (tertiary/aromatic N) is 9. The van der Waals surface area contributed by atoms with Gasteiger partial charge in [0.25, 0.3) is 34.4 Å². The van der Waals surface area contributed by atoms with Crippen LogP contribution in [0.2, 0.25) is 5.15 Å². The minimum atomic E-state index is -4.56. The fraction of sp³-hybridized carbons (Fsp3) is 0.0755. The molecule has 0 radical (unpaired) electrons. The molecule has 0 saturated carbocycles. The van der Waals surface area contributed by atoms with Crippen LogP contribution in [0.4, 0.5) is 30.2 Å². The van der Waals surface area contributed by atoms with Crippen LogP contribution < -0.4 is 32.6 Å². The second kappa shape index (κ2) is 24.9. The van der Waals surface area contributed by atoms with Crippen molar-refractivity contribution in [3.63, 3.8) is 0 Å². The Balaban J connectivity index is 0.000000163. The Morgan fingerprint density at radius 3 is 1.32 bits per heavy atom. The zero-order valence-corrected chi connectivity index (χ0v) is 44.4. The number of hydrogen-bond donors (Lipinski definition) is 4. The van der Waals surface area contributed by atoms with E-state index >= 15 is 0 Å². The van der Waals surface area contributed by atoms with E-state index in [1.165, 1.54) is 140 Å². The SMILES string of the molecule is CC(=O)c1cccc(-n2ccc(NC(=O)c3cscn3)cc2=O)n1.CC(O)(c1cccc(C(F)(F)F)c1)c1cccc(-n2ccc(NC(=O)c3cscn3)cc2=O)n1.O=C(Nc1ccn(-c2cccc(Cl)n2)c(=O)c1)c1cscn1. The lowest BCUT2D eigenvalue weighted by Gasteiger charge is -2.25. The molecular weight excluding hydrogens is 1120 g/mol. The summed E-state index contributed by atoms with van der Waals surface area (Å²) in [6.07, 6.45) is -0.154. The molecular formula is C53H38ClF3N12O8S3. The van der Waals surface area contributed by atoms with E-state index in [1.54, 1.807) is 75.7 Å². The third-order valence-electron chi connectivity index (χ3n) is 11.0. The van der Waals surface area contributed by atoms with E-state index in [4.69, 9.17) is 11.6 Å². The Hall–Kier alpha value is -9.47.